The summed E-state index contributed by atoms with van der Waals surface area (Å²) in [5, 5.41) is 24.1. The first kappa shape index (κ1) is 20.6. The third-order valence-electron chi connectivity index (χ3n) is 4.77. The number of aromatic nitrogens is 2. The average molecular weight is 394 g/mol. The number of anilines is 3. The van der Waals surface area contributed by atoms with Crippen LogP contribution in [0, 0.1) is 11.3 Å². The Bertz CT molecular complexity index is 895. The Hall–Kier alpha value is -3.18. The molecule has 0 radical (unpaired) electrons. The molecule has 1 aromatic carbocycles. The molecular formula is C21H26N6O2. The summed E-state index contributed by atoms with van der Waals surface area (Å²) in [6.45, 7) is 3.09. The van der Waals surface area contributed by atoms with Crippen molar-refractivity contribution in [1.29, 1.82) is 5.26 Å². The molecule has 1 aliphatic rings. The number of amides is 1. The largest absolute Gasteiger partial charge is 0.387 e. The smallest absolute Gasteiger partial charge is 0.245 e. The van der Waals surface area contributed by atoms with Gasteiger partial charge in [0.15, 0.2) is 0 Å². The third-order valence-corrected chi connectivity index (χ3v) is 4.77. The first-order valence-electron chi connectivity index (χ1n) is 9.91. The van der Waals surface area contributed by atoms with Gasteiger partial charge in [0.05, 0.1) is 11.6 Å². The average Bonchev–Trinajstić information content (AvgIpc) is 2.74. The lowest BCUT2D eigenvalue weighted by Gasteiger charge is -2.34. The number of nitrogens with one attached hydrogen (secondary N) is 2. The summed E-state index contributed by atoms with van der Waals surface area (Å²) >= 11 is 0. The number of hydrogen-bond donors (Lipinski definition) is 3. The van der Waals surface area contributed by atoms with Crippen LogP contribution in [-0.2, 0) is 11.2 Å². The molecule has 0 bridgehead atoms. The number of rotatable bonds is 7. The number of benzene rings is 1. The van der Waals surface area contributed by atoms with E-state index in [-0.39, 0.29) is 11.9 Å². The number of carbonyl (C=O) groups is 1. The third kappa shape index (κ3) is 5.65. The van der Waals surface area contributed by atoms with Crippen molar-refractivity contribution >= 4 is 23.4 Å². The molecule has 2 aromatic rings. The fourth-order valence-electron chi connectivity index (χ4n) is 3.46. The molecule has 0 aliphatic carbocycles. The normalized spacial score (nSPS) is 16.2. The Balaban J connectivity index is 1.82. The van der Waals surface area contributed by atoms with Crippen molar-refractivity contribution in [2.24, 2.45) is 0 Å². The van der Waals surface area contributed by atoms with Gasteiger partial charge in [0.2, 0.25) is 11.9 Å². The molecule has 1 atom stereocenters. The maximum Gasteiger partial charge on any atom is 0.245 e. The van der Waals surface area contributed by atoms with E-state index in [9.17, 15) is 4.79 Å². The van der Waals surface area contributed by atoms with Crippen LogP contribution in [-0.4, -0.2) is 46.7 Å². The van der Waals surface area contributed by atoms with Crippen LogP contribution in [0.5, 0.6) is 0 Å². The highest BCUT2D eigenvalue weighted by molar-refractivity contribution is 5.77. The second kappa shape index (κ2) is 9.85. The minimum absolute atomic E-state index is 0.0169. The van der Waals surface area contributed by atoms with Crippen molar-refractivity contribution in [3.8, 4) is 6.07 Å². The molecule has 8 nitrogen and oxygen atoms in total. The van der Waals surface area contributed by atoms with Crippen molar-refractivity contribution in [2.75, 3.05) is 29.9 Å². The quantitative estimate of drug-likeness (QED) is 0.659. The van der Waals surface area contributed by atoms with Crippen LogP contribution in [0.25, 0.3) is 0 Å². The van der Waals surface area contributed by atoms with Crippen LogP contribution in [0.1, 0.15) is 37.4 Å². The van der Waals surface area contributed by atoms with Gasteiger partial charge in [0, 0.05) is 36.6 Å². The molecule has 0 spiro atoms. The first-order valence-corrected chi connectivity index (χ1v) is 9.91. The lowest BCUT2D eigenvalue weighted by atomic mass is 10.1. The zero-order chi connectivity index (χ0) is 20.6. The van der Waals surface area contributed by atoms with E-state index in [1.54, 1.807) is 12.1 Å². The topological polar surface area (TPSA) is 114 Å². The molecule has 0 saturated carbocycles. The van der Waals surface area contributed by atoms with Crippen molar-refractivity contribution in [3.63, 3.8) is 0 Å². The van der Waals surface area contributed by atoms with Gasteiger partial charge in [-0.15, -0.1) is 0 Å². The second-order valence-corrected chi connectivity index (χ2v) is 7.12. The number of aryl methyl sites for hydroxylation is 1. The first-order chi connectivity index (χ1) is 14.1. The van der Waals surface area contributed by atoms with Crippen LogP contribution in [0.3, 0.4) is 0 Å². The summed E-state index contributed by atoms with van der Waals surface area (Å²) in [6, 6.07) is 11.3. The Kier molecular flexibility index (Phi) is 6.98. The highest BCUT2D eigenvalue weighted by Gasteiger charge is 2.23. The van der Waals surface area contributed by atoms with Gasteiger partial charge in [-0.1, -0.05) is 19.4 Å². The molecule has 3 rings (SSSR count). The SMILES string of the molecule is CCCc1cc(N2CCC[C@@H](NC(=O)CO)C2)nc(Nc2cccc(C#N)c2)n1. The summed E-state index contributed by atoms with van der Waals surface area (Å²) in [6.07, 6.45) is 3.60. The van der Waals surface area contributed by atoms with Crippen molar-refractivity contribution in [3.05, 3.63) is 41.6 Å². The number of nitriles is 1. The Morgan fingerprint density at radius 3 is 3.00 bits per heavy atom. The van der Waals surface area contributed by atoms with Gasteiger partial charge in [0.25, 0.3) is 0 Å². The van der Waals surface area contributed by atoms with Crippen LogP contribution < -0.4 is 15.5 Å². The predicted octanol–water partition coefficient (Wildman–Crippen LogP) is 2.12. The molecule has 2 heterocycles. The molecule has 1 fully saturated rings. The van der Waals surface area contributed by atoms with Crippen LogP contribution >= 0.6 is 0 Å². The summed E-state index contributed by atoms with van der Waals surface area (Å²) in [4.78, 5) is 23.0. The molecule has 1 saturated heterocycles. The lowest BCUT2D eigenvalue weighted by Crippen LogP contribution is -2.48. The molecule has 1 aliphatic heterocycles. The number of aliphatic hydroxyl groups is 1. The highest BCUT2D eigenvalue weighted by atomic mass is 16.3. The minimum atomic E-state index is -0.500. The minimum Gasteiger partial charge on any atom is -0.387 e. The maximum absolute atomic E-state index is 11.5. The summed E-state index contributed by atoms with van der Waals surface area (Å²) in [7, 11) is 0. The molecule has 29 heavy (non-hydrogen) atoms. The van der Waals surface area contributed by atoms with E-state index in [4.69, 9.17) is 10.4 Å². The summed E-state index contributed by atoms with van der Waals surface area (Å²) < 4.78 is 0. The summed E-state index contributed by atoms with van der Waals surface area (Å²) in [5.74, 6) is 0.943. The van der Waals surface area contributed by atoms with Gasteiger partial charge in [-0.25, -0.2) is 4.98 Å². The zero-order valence-corrected chi connectivity index (χ0v) is 16.6. The van der Waals surface area contributed by atoms with Gasteiger partial charge in [-0.3, -0.25) is 4.79 Å². The predicted molar refractivity (Wildman–Crippen MR) is 111 cm³/mol. The molecule has 8 heteroatoms. The molecule has 152 valence electrons. The van der Waals surface area contributed by atoms with E-state index < -0.39 is 6.61 Å². The van der Waals surface area contributed by atoms with E-state index in [2.05, 4.69) is 38.5 Å². The van der Waals surface area contributed by atoms with E-state index >= 15 is 0 Å². The van der Waals surface area contributed by atoms with E-state index in [1.165, 1.54) is 0 Å². The standard InChI is InChI=1S/C21H26N6O2/c1-2-5-16-11-19(27-9-4-8-18(13-27)23-20(29)14-28)26-21(24-16)25-17-7-3-6-15(10-17)12-22/h3,6-7,10-11,18,28H,2,4-5,8-9,13-14H2,1H3,(H,23,29)(H,24,25,26)/t18-/m1/s1. The van der Waals surface area contributed by atoms with E-state index in [0.29, 0.717) is 18.1 Å². The number of piperidine rings is 1. The molecule has 1 amide bonds. The van der Waals surface area contributed by atoms with Crippen LogP contribution in [0.2, 0.25) is 0 Å². The van der Waals surface area contributed by atoms with Crippen molar-refractivity contribution in [1.82, 2.24) is 15.3 Å². The summed E-state index contributed by atoms with van der Waals surface area (Å²) in [5.41, 5.74) is 2.27. The highest BCUT2D eigenvalue weighted by Crippen LogP contribution is 2.23. The van der Waals surface area contributed by atoms with Gasteiger partial charge < -0.3 is 20.6 Å². The molecule has 3 N–H and O–H groups in total. The molecular weight excluding hydrogens is 368 g/mol. The molecule has 1 aromatic heterocycles. The second-order valence-electron chi connectivity index (χ2n) is 7.12. The van der Waals surface area contributed by atoms with E-state index in [1.807, 2.05) is 18.2 Å². The fraction of sp³-hybridized carbons (Fsp3) is 0.429. The van der Waals surface area contributed by atoms with Gasteiger partial charge in [-0.05, 0) is 37.5 Å². The number of aliphatic hydroxyl groups excluding tert-OH is 1. The number of hydrogen-bond acceptors (Lipinski definition) is 7. The monoisotopic (exact) mass is 394 g/mol. The van der Waals surface area contributed by atoms with Crippen molar-refractivity contribution < 1.29 is 9.90 Å². The van der Waals surface area contributed by atoms with E-state index in [0.717, 1.165) is 49.4 Å². The van der Waals surface area contributed by atoms with Crippen molar-refractivity contribution in [2.45, 2.75) is 38.6 Å². The lowest BCUT2D eigenvalue weighted by molar-refractivity contribution is -0.124. The maximum atomic E-state index is 11.5. The Morgan fingerprint density at radius 1 is 1.38 bits per heavy atom. The zero-order valence-electron chi connectivity index (χ0n) is 16.6. The number of nitrogens with zero attached hydrogens (tertiary/aromatic N) is 4. The fourth-order valence-corrected chi connectivity index (χ4v) is 3.46. The van der Waals surface area contributed by atoms with Gasteiger partial charge in [0.1, 0.15) is 12.4 Å². The van der Waals surface area contributed by atoms with Crippen LogP contribution in [0.4, 0.5) is 17.5 Å². The van der Waals surface area contributed by atoms with Crippen LogP contribution in [0.15, 0.2) is 30.3 Å². The van der Waals surface area contributed by atoms with Gasteiger partial charge >= 0.3 is 0 Å². The number of carbonyl (C=O) groups excluding carboxylic acids is 1. The Morgan fingerprint density at radius 2 is 2.24 bits per heavy atom. The van der Waals surface area contributed by atoms with Gasteiger partial charge in [-0.2, -0.15) is 10.2 Å². The molecule has 0 unspecified atom stereocenters. The Labute approximate surface area is 170 Å².